The smallest absolute Gasteiger partial charge is 0.141 e. The molecule has 0 aliphatic heterocycles. The number of benzene rings is 3. The molecule has 2 heteroatoms. The van der Waals surface area contributed by atoms with E-state index in [-0.39, 0.29) is 5.56 Å². The van der Waals surface area contributed by atoms with Gasteiger partial charge in [-0.2, -0.15) is 5.26 Å². The first-order valence-electron chi connectivity index (χ1n) is 10.1. The second-order valence-corrected chi connectivity index (χ2v) is 7.72. The van der Waals surface area contributed by atoms with Crippen LogP contribution in [-0.4, -0.2) is 0 Å². The van der Waals surface area contributed by atoms with Gasteiger partial charge in [-0.25, -0.2) is 4.39 Å². The molecule has 3 aromatic rings. The Balaban J connectivity index is 1.54. The molecule has 1 aliphatic rings. The van der Waals surface area contributed by atoms with Gasteiger partial charge in [-0.3, -0.25) is 0 Å². The van der Waals surface area contributed by atoms with E-state index in [0.29, 0.717) is 5.92 Å². The first-order chi connectivity index (χ1) is 13.7. The second kappa shape index (κ2) is 7.98. The molecule has 1 atom stereocenters. The molecule has 0 heterocycles. The Hall–Kier alpha value is -2.92. The predicted molar refractivity (Wildman–Crippen MR) is 112 cm³/mol. The molecule has 28 heavy (non-hydrogen) atoms. The topological polar surface area (TPSA) is 23.8 Å². The maximum Gasteiger partial charge on any atom is 0.141 e. The second-order valence-electron chi connectivity index (χ2n) is 7.72. The lowest BCUT2D eigenvalue weighted by molar-refractivity contribution is 0.585. The van der Waals surface area contributed by atoms with Crippen LogP contribution in [0.5, 0.6) is 0 Å². The number of rotatable bonds is 4. The molecule has 4 rings (SSSR count). The minimum absolute atomic E-state index is 0.0921. The molecule has 0 saturated carbocycles. The molecule has 140 valence electrons. The number of aryl methyl sites for hydroxylation is 2. The Morgan fingerprint density at radius 3 is 2.43 bits per heavy atom. The van der Waals surface area contributed by atoms with Crippen LogP contribution in [0.3, 0.4) is 0 Å². The molecule has 0 radical (unpaired) electrons. The SMILES string of the molecule is CCCc1ccc(C2CCc3cc(-c4ccc(C#N)c(F)c4)ccc3C2)cc1. The van der Waals surface area contributed by atoms with Crippen molar-refractivity contribution in [3.05, 3.63) is 94.3 Å². The lowest BCUT2D eigenvalue weighted by Crippen LogP contribution is -2.13. The molecule has 0 bridgehead atoms. The summed E-state index contributed by atoms with van der Waals surface area (Å²) >= 11 is 0. The number of hydrogen-bond donors (Lipinski definition) is 0. The third-order valence-electron chi connectivity index (χ3n) is 5.85. The first-order valence-corrected chi connectivity index (χ1v) is 10.1. The van der Waals surface area contributed by atoms with Crippen LogP contribution >= 0.6 is 0 Å². The summed E-state index contributed by atoms with van der Waals surface area (Å²) in [5.74, 6) is 0.116. The fourth-order valence-corrected chi connectivity index (χ4v) is 4.25. The zero-order valence-corrected chi connectivity index (χ0v) is 16.2. The largest absolute Gasteiger partial charge is 0.206 e. The highest BCUT2D eigenvalue weighted by Crippen LogP contribution is 2.35. The van der Waals surface area contributed by atoms with Gasteiger partial charge in [-0.1, -0.05) is 61.9 Å². The summed E-state index contributed by atoms with van der Waals surface area (Å²) in [6, 6.07) is 22.3. The van der Waals surface area contributed by atoms with E-state index < -0.39 is 5.82 Å². The summed E-state index contributed by atoms with van der Waals surface area (Å²) in [4.78, 5) is 0. The molecule has 0 amide bonds. The maximum atomic E-state index is 14.0. The van der Waals surface area contributed by atoms with Crippen LogP contribution in [0.15, 0.2) is 60.7 Å². The van der Waals surface area contributed by atoms with Crippen LogP contribution in [0, 0.1) is 17.1 Å². The van der Waals surface area contributed by atoms with Gasteiger partial charge < -0.3 is 0 Å². The average Bonchev–Trinajstić information content (AvgIpc) is 2.74. The highest BCUT2D eigenvalue weighted by Gasteiger charge is 2.20. The first kappa shape index (κ1) is 18.4. The van der Waals surface area contributed by atoms with Gasteiger partial charge in [0, 0.05) is 0 Å². The van der Waals surface area contributed by atoms with Gasteiger partial charge >= 0.3 is 0 Å². The molecule has 0 saturated heterocycles. The Labute approximate surface area is 166 Å². The van der Waals surface area contributed by atoms with E-state index in [4.69, 9.17) is 5.26 Å². The van der Waals surface area contributed by atoms with Crippen LogP contribution in [-0.2, 0) is 19.3 Å². The van der Waals surface area contributed by atoms with Gasteiger partial charge in [0.1, 0.15) is 11.9 Å². The summed E-state index contributed by atoms with van der Waals surface area (Å²) < 4.78 is 14.0. The third-order valence-corrected chi connectivity index (χ3v) is 5.85. The van der Waals surface area contributed by atoms with Crippen LogP contribution in [0.1, 0.15) is 53.5 Å². The zero-order valence-electron chi connectivity index (χ0n) is 16.2. The van der Waals surface area contributed by atoms with Crippen LogP contribution < -0.4 is 0 Å². The molecular formula is C26H24FN. The monoisotopic (exact) mass is 369 g/mol. The molecule has 0 N–H and O–H groups in total. The number of nitrogens with zero attached hydrogens (tertiary/aromatic N) is 1. The number of nitriles is 1. The van der Waals surface area contributed by atoms with Crippen molar-refractivity contribution in [1.29, 1.82) is 5.26 Å². The molecule has 0 aromatic heterocycles. The number of halogens is 1. The predicted octanol–water partition coefficient (Wildman–Crippen LogP) is 6.59. The van der Waals surface area contributed by atoms with Crippen LogP contribution in [0.25, 0.3) is 11.1 Å². The summed E-state index contributed by atoms with van der Waals surface area (Å²) in [5.41, 5.74) is 7.55. The summed E-state index contributed by atoms with van der Waals surface area (Å²) in [5, 5.41) is 8.91. The van der Waals surface area contributed by atoms with Gasteiger partial charge in [-0.15, -0.1) is 0 Å². The molecule has 3 aromatic carbocycles. The molecular weight excluding hydrogens is 345 g/mol. The zero-order chi connectivity index (χ0) is 19.5. The molecule has 1 unspecified atom stereocenters. The van der Waals surface area contributed by atoms with E-state index in [1.807, 2.05) is 12.1 Å². The average molecular weight is 369 g/mol. The number of fused-ring (bicyclic) bond motifs is 1. The van der Waals surface area contributed by atoms with E-state index in [9.17, 15) is 4.39 Å². The fourth-order valence-electron chi connectivity index (χ4n) is 4.25. The van der Waals surface area contributed by atoms with Crippen molar-refractivity contribution in [2.45, 2.75) is 44.9 Å². The standard InChI is InChI=1S/C26H24FN/c1-2-3-18-4-6-19(7-5-18)20-8-9-22-15-23(11-10-21(22)14-20)24-12-13-25(17-28)26(27)16-24/h4-7,10-13,15-16,20H,2-3,8-9,14H2,1H3. The van der Waals surface area contributed by atoms with E-state index >= 15 is 0 Å². The number of hydrogen-bond acceptors (Lipinski definition) is 1. The van der Waals surface area contributed by atoms with E-state index in [0.717, 1.165) is 36.8 Å². The summed E-state index contributed by atoms with van der Waals surface area (Å²) in [7, 11) is 0. The van der Waals surface area contributed by atoms with E-state index in [1.165, 1.54) is 34.7 Å². The van der Waals surface area contributed by atoms with Crippen LogP contribution in [0.4, 0.5) is 4.39 Å². The maximum absolute atomic E-state index is 14.0. The normalized spacial score (nSPS) is 15.7. The molecule has 1 nitrogen and oxygen atoms in total. The Kier molecular flexibility index (Phi) is 5.26. The molecule has 0 fully saturated rings. The van der Waals surface area contributed by atoms with Crippen molar-refractivity contribution >= 4 is 0 Å². The van der Waals surface area contributed by atoms with Crippen molar-refractivity contribution in [1.82, 2.24) is 0 Å². The van der Waals surface area contributed by atoms with Gasteiger partial charge in [0.2, 0.25) is 0 Å². The minimum Gasteiger partial charge on any atom is -0.206 e. The lowest BCUT2D eigenvalue weighted by Gasteiger charge is -2.26. The van der Waals surface area contributed by atoms with E-state index in [2.05, 4.69) is 49.4 Å². The van der Waals surface area contributed by atoms with Gasteiger partial charge in [0.15, 0.2) is 0 Å². The van der Waals surface area contributed by atoms with Crippen LogP contribution in [0.2, 0.25) is 0 Å². The van der Waals surface area contributed by atoms with Crippen molar-refractivity contribution < 1.29 is 4.39 Å². The van der Waals surface area contributed by atoms with Crippen molar-refractivity contribution in [2.24, 2.45) is 0 Å². The van der Waals surface area contributed by atoms with Crippen molar-refractivity contribution in [3.63, 3.8) is 0 Å². The Morgan fingerprint density at radius 2 is 1.71 bits per heavy atom. The van der Waals surface area contributed by atoms with Gasteiger partial charge in [-0.05, 0) is 77.1 Å². The Morgan fingerprint density at radius 1 is 0.964 bits per heavy atom. The fraction of sp³-hybridized carbons (Fsp3) is 0.269. The lowest BCUT2D eigenvalue weighted by atomic mass is 9.79. The summed E-state index contributed by atoms with van der Waals surface area (Å²) in [6.45, 7) is 2.21. The highest BCUT2D eigenvalue weighted by molar-refractivity contribution is 5.66. The summed E-state index contributed by atoms with van der Waals surface area (Å²) in [6.07, 6.45) is 5.58. The van der Waals surface area contributed by atoms with Crippen molar-refractivity contribution in [3.8, 4) is 17.2 Å². The van der Waals surface area contributed by atoms with Gasteiger partial charge in [0.05, 0.1) is 5.56 Å². The molecule has 0 spiro atoms. The Bertz CT molecular complexity index is 1030. The van der Waals surface area contributed by atoms with E-state index in [1.54, 1.807) is 6.07 Å². The third kappa shape index (κ3) is 3.71. The van der Waals surface area contributed by atoms with Gasteiger partial charge in [0.25, 0.3) is 0 Å². The minimum atomic E-state index is -0.454. The molecule has 1 aliphatic carbocycles. The quantitative estimate of drug-likeness (QED) is 0.509. The van der Waals surface area contributed by atoms with Crippen molar-refractivity contribution in [2.75, 3.05) is 0 Å². The highest BCUT2D eigenvalue weighted by atomic mass is 19.1.